The second-order valence-corrected chi connectivity index (χ2v) is 23.4. The van der Waals surface area contributed by atoms with E-state index < -0.39 is 23.9 Å². The van der Waals surface area contributed by atoms with E-state index in [4.69, 9.17) is 38.1 Å². The number of furan rings is 4. The molecule has 0 unspecified atom stereocenters. The van der Waals surface area contributed by atoms with Crippen LogP contribution in [-0.4, -0.2) is 44.3 Å². The fourth-order valence-corrected chi connectivity index (χ4v) is 10.1. The number of carboxylic acid groups (broad SMARTS) is 4. The predicted molar refractivity (Wildman–Crippen MR) is 342 cm³/mol. The Hall–Kier alpha value is -4.12. The Morgan fingerprint density at radius 3 is 0.506 bits per heavy atom. The van der Waals surface area contributed by atoms with E-state index in [9.17, 15) is 19.2 Å². The van der Waals surface area contributed by atoms with Crippen LogP contribution in [0.1, 0.15) is 331 Å². The Bertz CT molecular complexity index is 1830. The van der Waals surface area contributed by atoms with Crippen molar-refractivity contribution in [2.45, 2.75) is 336 Å². The van der Waals surface area contributed by atoms with Gasteiger partial charge >= 0.3 is 23.9 Å². The Labute approximate surface area is 534 Å². The molecular formula is C72H120O12Zr. The van der Waals surface area contributed by atoms with Gasteiger partial charge in [-0.25, -0.2) is 0 Å². The molecule has 4 rings (SSSR count). The quantitative estimate of drug-likeness (QED) is 0.0305. The van der Waals surface area contributed by atoms with Gasteiger partial charge in [0.15, 0.2) is 0 Å². The fraction of sp³-hybridized carbons (Fsp3) is 0.722. The Morgan fingerprint density at radius 1 is 0.235 bits per heavy atom. The first-order valence-electron chi connectivity index (χ1n) is 34.1. The third-order valence-corrected chi connectivity index (χ3v) is 15.2. The molecule has 4 heterocycles. The molecule has 4 aromatic heterocycles. The second kappa shape index (κ2) is 58.9. The van der Waals surface area contributed by atoms with Crippen molar-refractivity contribution in [3.63, 3.8) is 0 Å². The molecular weight excluding hydrogens is 1150 g/mol. The topological polar surface area (TPSA) is 202 Å². The molecule has 0 aromatic carbocycles. The summed E-state index contributed by atoms with van der Waals surface area (Å²) < 4.78 is 23.3. The van der Waals surface area contributed by atoms with E-state index in [1.54, 1.807) is 0 Å². The second-order valence-electron chi connectivity index (χ2n) is 23.4. The number of aliphatic carboxylic acids is 4. The van der Waals surface area contributed by atoms with Gasteiger partial charge in [0.25, 0.3) is 0 Å². The fourth-order valence-electron chi connectivity index (χ4n) is 10.1. The summed E-state index contributed by atoms with van der Waals surface area (Å²) in [6.45, 7) is 8.87. The van der Waals surface area contributed by atoms with Gasteiger partial charge in [-0.05, 0) is 126 Å². The summed E-state index contributed by atoms with van der Waals surface area (Å²) in [6.07, 6.45) is 50.9. The van der Waals surface area contributed by atoms with Gasteiger partial charge in [0.1, 0.15) is 46.1 Å². The maximum absolute atomic E-state index is 10.4. The molecule has 0 fully saturated rings. The number of aryl methyl sites for hydroxylation is 8. The average molecular weight is 1270 g/mol. The van der Waals surface area contributed by atoms with Gasteiger partial charge in [-0.3, -0.25) is 19.2 Å². The minimum atomic E-state index is -0.678. The van der Waals surface area contributed by atoms with Gasteiger partial charge in [-0.2, -0.15) is 0 Å². The largest absolute Gasteiger partial charge is 0.481 e. The van der Waals surface area contributed by atoms with Crippen molar-refractivity contribution in [3.05, 3.63) is 94.6 Å². The molecule has 0 aliphatic carbocycles. The van der Waals surface area contributed by atoms with E-state index in [0.29, 0.717) is 25.7 Å². The van der Waals surface area contributed by atoms with E-state index in [0.717, 1.165) is 174 Å². The van der Waals surface area contributed by atoms with E-state index in [2.05, 4.69) is 76.2 Å². The van der Waals surface area contributed by atoms with Crippen LogP contribution in [0.2, 0.25) is 0 Å². The number of carbonyl (C=O) groups is 4. The zero-order valence-electron chi connectivity index (χ0n) is 54.1. The number of carboxylic acids is 4. The Kier molecular flexibility index (Phi) is 56.0. The standard InChI is InChI=1S/4C18H30O3.Zr/c4*1-2-3-8-11-16-14-15-17(21-16)12-9-6-4-5-7-10-13-18(19)20;/h4*14-15H,2-13H2,1H3,(H,19,20);. The molecule has 0 spiro atoms. The van der Waals surface area contributed by atoms with Gasteiger partial charge in [0, 0.05) is 103 Å². The van der Waals surface area contributed by atoms with Gasteiger partial charge in [0.05, 0.1) is 0 Å². The van der Waals surface area contributed by atoms with Crippen LogP contribution in [0, 0.1) is 0 Å². The summed E-state index contributed by atoms with van der Waals surface area (Å²) in [5.41, 5.74) is 0. The van der Waals surface area contributed by atoms with E-state index in [-0.39, 0.29) is 26.2 Å². The molecule has 13 heteroatoms. The summed E-state index contributed by atoms with van der Waals surface area (Å²) in [5, 5.41) is 34.2. The van der Waals surface area contributed by atoms with Crippen LogP contribution < -0.4 is 0 Å². The number of hydrogen-bond donors (Lipinski definition) is 4. The van der Waals surface area contributed by atoms with Crippen molar-refractivity contribution in [2.24, 2.45) is 0 Å². The Morgan fingerprint density at radius 2 is 0.365 bits per heavy atom. The first-order valence-corrected chi connectivity index (χ1v) is 34.1. The van der Waals surface area contributed by atoms with Gasteiger partial charge in [0.2, 0.25) is 0 Å². The van der Waals surface area contributed by atoms with Crippen molar-refractivity contribution in [1.29, 1.82) is 0 Å². The van der Waals surface area contributed by atoms with Crippen LogP contribution in [0.3, 0.4) is 0 Å². The summed E-state index contributed by atoms with van der Waals surface area (Å²) in [6, 6.07) is 17.0. The summed E-state index contributed by atoms with van der Waals surface area (Å²) in [7, 11) is 0. The van der Waals surface area contributed by atoms with Crippen molar-refractivity contribution < 1.29 is 83.5 Å². The third kappa shape index (κ3) is 52.7. The van der Waals surface area contributed by atoms with E-state index >= 15 is 0 Å². The van der Waals surface area contributed by atoms with Crippen LogP contribution in [0.4, 0.5) is 0 Å². The number of unbranched alkanes of at least 4 members (excludes halogenated alkanes) is 28. The SMILES string of the molecule is CCCCCc1ccc(CCCCCCCCC(=O)O)o1.CCCCCc1ccc(CCCCCCCCC(=O)O)o1.CCCCCc1ccc(CCCCCCCCC(=O)O)o1.CCCCCc1ccc(CCCCCCCCC(=O)O)o1.[Zr]. The summed E-state index contributed by atoms with van der Waals surface area (Å²) in [5.74, 6) is 6.29. The molecule has 0 atom stereocenters. The van der Waals surface area contributed by atoms with E-state index in [1.807, 2.05) is 0 Å². The molecule has 4 aromatic rings. The monoisotopic (exact) mass is 1270 g/mol. The van der Waals surface area contributed by atoms with Crippen LogP contribution in [0.25, 0.3) is 0 Å². The predicted octanol–water partition coefficient (Wildman–Crippen LogP) is 21.5. The maximum Gasteiger partial charge on any atom is 0.303 e. The molecule has 0 amide bonds. The van der Waals surface area contributed by atoms with E-state index in [1.165, 1.54) is 154 Å². The molecule has 12 nitrogen and oxygen atoms in total. The maximum atomic E-state index is 10.4. The summed E-state index contributed by atoms with van der Waals surface area (Å²) in [4.78, 5) is 41.5. The molecule has 85 heavy (non-hydrogen) atoms. The molecule has 0 saturated heterocycles. The van der Waals surface area contributed by atoms with Crippen LogP contribution in [-0.2, 0) is 96.7 Å². The average Bonchev–Trinajstić information content (AvgIpc) is 4.42. The molecule has 0 bridgehead atoms. The van der Waals surface area contributed by atoms with Gasteiger partial charge in [-0.1, -0.05) is 182 Å². The smallest absolute Gasteiger partial charge is 0.303 e. The van der Waals surface area contributed by atoms with Crippen molar-refractivity contribution >= 4 is 23.9 Å². The van der Waals surface area contributed by atoms with Crippen molar-refractivity contribution in [1.82, 2.24) is 0 Å². The normalized spacial score (nSPS) is 10.8. The molecule has 0 aliphatic rings. The molecule has 484 valence electrons. The molecule has 4 N–H and O–H groups in total. The summed E-state index contributed by atoms with van der Waals surface area (Å²) >= 11 is 0. The van der Waals surface area contributed by atoms with Gasteiger partial charge in [-0.15, -0.1) is 0 Å². The van der Waals surface area contributed by atoms with Crippen molar-refractivity contribution in [2.75, 3.05) is 0 Å². The van der Waals surface area contributed by atoms with Crippen LogP contribution >= 0.6 is 0 Å². The first-order chi connectivity index (χ1) is 40.9. The van der Waals surface area contributed by atoms with Crippen molar-refractivity contribution in [3.8, 4) is 0 Å². The Balaban J connectivity index is 0.00000110. The van der Waals surface area contributed by atoms with Crippen LogP contribution in [0.5, 0.6) is 0 Å². The molecule has 0 saturated carbocycles. The molecule has 0 radical (unpaired) electrons. The third-order valence-electron chi connectivity index (χ3n) is 15.2. The minimum Gasteiger partial charge on any atom is -0.481 e. The zero-order valence-corrected chi connectivity index (χ0v) is 56.6. The number of rotatable bonds is 52. The number of hydrogen-bond acceptors (Lipinski definition) is 8. The molecule has 0 aliphatic heterocycles. The minimum absolute atomic E-state index is 0. The zero-order chi connectivity index (χ0) is 61.4. The first kappa shape index (κ1) is 80.9. The van der Waals surface area contributed by atoms with Gasteiger partial charge < -0.3 is 38.1 Å². The van der Waals surface area contributed by atoms with Crippen LogP contribution in [0.15, 0.2) is 66.2 Å².